The van der Waals surface area contributed by atoms with E-state index in [1.807, 2.05) is 30.5 Å². The Morgan fingerprint density at radius 1 is 1.09 bits per heavy atom. The van der Waals surface area contributed by atoms with Crippen LogP contribution in [0.4, 0.5) is 4.39 Å². The summed E-state index contributed by atoms with van der Waals surface area (Å²) in [5, 5.41) is 0. The number of halogens is 1. The molecule has 0 spiro atoms. The molecule has 22 heavy (non-hydrogen) atoms. The van der Waals surface area contributed by atoms with Gasteiger partial charge in [0.25, 0.3) is 0 Å². The predicted octanol–water partition coefficient (Wildman–Crippen LogP) is 4.28. The fraction of sp³-hybridized carbons (Fsp3) is 0.333. The Morgan fingerprint density at radius 2 is 1.86 bits per heavy atom. The van der Waals surface area contributed by atoms with Crippen molar-refractivity contribution in [2.45, 2.75) is 38.1 Å². The van der Waals surface area contributed by atoms with E-state index in [4.69, 9.17) is 4.98 Å². The fourth-order valence-corrected chi connectivity index (χ4v) is 3.43. The number of pyridine rings is 1. The summed E-state index contributed by atoms with van der Waals surface area (Å²) >= 11 is 0. The Kier molecular flexibility index (Phi) is 3.37. The molecule has 0 radical (unpaired) electrons. The topological polar surface area (TPSA) is 30.7 Å². The van der Waals surface area contributed by atoms with E-state index >= 15 is 0 Å². The van der Waals surface area contributed by atoms with Gasteiger partial charge >= 0.3 is 0 Å². The molecular formula is C18H18FN3. The molecule has 0 unspecified atom stereocenters. The molecule has 1 aliphatic carbocycles. The molecule has 0 saturated heterocycles. The van der Waals surface area contributed by atoms with Gasteiger partial charge in [0, 0.05) is 18.7 Å². The van der Waals surface area contributed by atoms with Gasteiger partial charge in [-0.05, 0) is 42.7 Å². The summed E-state index contributed by atoms with van der Waals surface area (Å²) in [5.74, 6) is 0.835. The lowest BCUT2D eigenvalue weighted by molar-refractivity contribution is 0.511. The number of rotatable bonds is 3. The van der Waals surface area contributed by atoms with E-state index in [-0.39, 0.29) is 5.82 Å². The summed E-state index contributed by atoms with van der Waals surface area (Å²) in [6, 6.07) is 11.1. The molecule has 4 heteroatoms. The second-order valence-corrected chi connectivity index (χ2v) is 5.99. The first kappa shape index (κ1) is 13.4. The van der Waals surface area contributed by atoms with Gasteiger partial charge in [-0.15, -0.1) is 0 Å². The highest BCUT2D eigenvalue weighted by atomic mass is 19.1. The molecule has 1 aliphatic rings. The van der Waals surface area contributed by atoms with Gasteiger partial charge < -0.3 is 4.57 Å². The first-order chi connectivity index (χ1) is 10.8. The normalized spacial score (nSPS) is 15.7. The molecule has 3 aromatic rings. The zero-order valence-corrected chi connectivity index (χ0v) is 12.4. The smallest absolute Gasteiger partial charge is 0.160 e. The molecule has 0 N–H and O–H groups in total. The van der Waals surface area contributed by atoms with Crippen molar-refractivity contribution in [2.75, 3.05) is 0 Å². The molecule has 0 aliphatic heterocycles. The summed E-state index contributed by atoms with van der Waals surface area (Å²) in [6.45, 7) is 0. The Morgan fingerprint density at radius 3 is 2.64 bits per heavy atom. The van der Waals surface area contributed by atoms with Crippen molar-refractivity contribution in [3.05, 3.63) is 59.8 Å². The van der Waals surface area contributed by atoms with Gasteiger partial charge in [-0.1, -0.05) is 25.0 Å². The van der Waals surface area contributed by atoms with Gasteiger partial charge in [0.1, 0.15) is 17.2 Å². The van der Waals surface area contributed by atoms with Crippen LogP contribution in [-0.4, -0.2) is 14.5 Å². The number of fused-ring (bicyclic) bond motifs is 1. The number of benzene rings is 1. The molecule has 1 saturated carbocycles. The van der Waals surface area contributed by atoms with Gasteiger partial charge in [-0.25, -0.2) is 14.4 Å². The van der Waals surface area contributed by atoms with Crippen molar-refractivity contribution in [3.8, 4) is 0 Å². The summed E-state index contributed by atoms with van der Waals surface area (Å²) < 4.78 is 15.4. The van der Waals surface area contributed by atoms with E-state index in [2.05, 4.69) is 9.55 Å². The lowest BCUT2D eigenvalue weighted by Gasteiger charge is -2.15. The van der Waals surface area contributed by atoms with Crippen molar-refractivity contribution in [2.24, 2.45) is 0 Å². The minimum atomic E-state index is -0.199. The highest BCUT2D eigenvalue weighted by Crippen LogP contribution is 2.33. The summed E-state index contributed by atoms with van der Waals surface area (Å²) in [4.78, 5) is 9.32. The van der Waals surface area contributed by atoms with Gasteiger partial charge in [0.2, 0.25) is 0 Å². The van der Waals surface area contributed by atoms with Crippen LogP contribution in [0.1, 0.15) is 43.1 Å². The molecular weight excluding hydrogens is 277 g/mol. The van der Waals surface area contributed by atoms with Crippen molar-refractivity contribution < 1.29 is 4.39 Å². The standard InChI is InChI=1S/C18H18FN3/c19-14-9-7-13(8-10-14)12-17-21-16-6-3-11-20-18(16)22(17)15-4-1-2-5-15/h3,6-11,15H,1-2,4-5,12H2. The average Bonchev–Trinajstić information content (AvgIpc) is 3.16. The predicted molar refractivity (Wildman–Crippen MR) is 84.2 cm³/mol. The van der Waals surface area contributed by atoms with E-state index < -0.39 is 0 Å². The Bertz CT molecular complexity index is 786. The van der Waals surface area contributed by atoms with Crippen molar-refractivity contribution >= 4 is 11.2 Å². The lowest BCUT2D eigenvalue weighted by Crippen LogP contribution is -2.10. The van der Waals surface area contributed by atoms with Crippen LogP contribution >= 0.6 is 0 Å². The Labute approximate surface area is 128 Å². The summed E-state index contributed by atoms with van der Waals surface area (Å²) in [5.41, 5.74) is 3.01. The largest absolute Gasteiger partial charge is 0.309 e. The number of imidazole rings is 1. The third-order valence-electron chi connectivity index (χ3n) is 4.49. The number of hydrogen-bond acceptors (Lipinski definition) is 2. The van der Waals surface area contributed by atoms with Crippen molar-refractivity contribution in [3.63, 3.8) is 0 Å². The van der Waals surface area contributed by atoms with Gasteiger partial charge in [-0.2, -0.15) is 0 Å². The molecule has 112 valence electrons. The SMILES string of the molecule is Fc1ccc(Cc2nc3cccnc3n2C2CCCC2)cc1. The van der Waals surface area contributed by atoms with Crippen LogP contribution in [-0.2, 0) is 6.42 Å². The monoisotopic (exact) mass is 295 g/mol. The van der Waals surface area contributed by atoms with Crippen LogP contribution in [0.3, 0.4) is 0 Å². The van der Waals surface area contributed by atoms with E-state index in [0.29, 0.717) is 12.5 Å². The number of nitrogens with zero attached hydrogens (tertiary/aromatic N) is 3. The molecule has 2 heterocycles. The number of aromatic nitrogens is 3. The van der Waals surface area contributed by atoms with Gasteiger partial charge in [0.05, 0.1) is 0 Å². The first-order valence-corrected chi connectivity index (χ1v) is 7.87. The van der Waals surface area contributed by atoms with E-state index in [9.17, 15) is 4.39 Å². The van der Waals surface area contributed by atoms with Crippen LogP contribution in [0.5, 0.6) is 0 Å². The Hall–Kier alpha value is -2.23. The molecule has 4 rings (SSSR count). The highest BCUT2D eigenvalue weighted by Gasteiger charge is 2.23. The van der Waals surface area contributed by atoms with Gasteiger partial charge in [0.15, 0.2) is 5.65 Å². The van der Waals surface area contributed by atoms with Crippen LogP contribution < -0.4 is 0 Å². The molecule has 0 atom stereocenters. The van der Waals surface area contributed by atoms with Crippen LogP contribution in [0.2, 0.25) is 0 Å². The van der Waals surface area contributed by atoms with Gasteiger partial charge in [-0.3, -0.25) is 0 Å². The molecule has 1 aromatic carbocycles. The zero-order valence-electron chi connectivity index (χ0n) is 12.4. The summed E-state index contributed by atoms with van der Waals surface area (Å²) in [6.07, 6.45) is 7.47. The van der Waals surface area contributed by atoms with Crippen LogP contribution in [0, 0.1) is 5.82 Å². The average molecular weight is 295 g/mol. The maximum atomic E-state index is 13.1. The molecule has 0 amide bonds. The molecule has 1 fully saturated rings. The maximum Gasteiger partial charge on any atom is 0.160 e. The van der Waals surface area contributed by atoms with Crippen LogP contribution in [0.15, 0.2) is 42.6 Å². The minimum Gasteiger partial charge on any atom is -0.309 e. The maximum absolute atomic E-state index is 13.1. The zero-order chi connectivity index (χ0) is 14.9. The molecule has 3 nitrogen and oxygen atoms in total. The third-order valence-corrected chi connectivity index (χ3v) is 4.49. The third kappa shape index (κ3) is 2.39. The second-order valence-electron chi connectivity index (χ2n) is 5.99. The van der Waals surface area contributed by atoms with E-state index in [1.165, 1.54) is 37.8 Å². The molecule has 0 bridgehead atoms. The van der Waals surface area contributed by atoms with E-state index in [1.54, 1.807) is 0 Å². The van der Waals surface area contributed by atoms with Crippen molar-refractivity contribution in [1.29, 1.82) is 0 Å². The quantitative estimate of drug-likeness (QED) is 0.722. The first-order valence-electron chi connectivity index (χ1n) is 7.87. The van der Waals surface area contributed by atoms with Crippen LogP contribution in [0.25, 0.3) is 11.2 Å². The minimum absolute atomic E-state index is 0.199. The second kappa shape index (κ2) is 5.52. The summed E-state index contributed by atoms with van der Waals surface area (Å²) in [7, 11) is 0. The number of hydrogen-bond donors (Lipinski definition) is 0. The van der Waals surface area contributed by atoms with E-state index in [0.717, 1.165) is 22.6 Å². The molecule has 2 aromatic heterocycles. The lowest BCUT2D eigenvalue weighted by atomic mass is 10.1. The highest BCUT2D eigenvalue weighted by molar-refractivity contribution is 5.71. The van der Waals surface area contributed by atoms with Crippen molar-refractivity contribution in [1.82, 2.24) is 14.5 Å². The fourth-order valence-electron chi connectivity index (χ4n) is 3.43. The Balaban J connectivity index is 1.78.